The van der Waals surface area contributed by atoms with E-state index in [2.05, 4.69) is 62.5 Å². The molecular weight excluding hydrogens is 507 g/mol. The molecule has 2 N–H and O–H groups in total. The van der Waals surface area contributed by atoms with Crippen LogP contribution in [0.25, 0.3) is 0 Å². The van der Waals surface area contributed by atoms with Crippen LogP contribution in [0.4, 0.5) is 0 Å². The minimum Gasteiger partial charge on any atom is -0.357 e. The lowest BCUT2D eigenvalue weighted by Gasteiger charge is -2.10. The molecule has 2 heterocycles. The molecule has 128 valence electrons. The standard InChI is InChI=1S/C15H21BrN4S2.HI/c1-3-11-9-19-14(22-11)7-8-18-15(17-4-2)20-10-12-5-6-13(16)21-12;/h5-6,9H,3-4,7-8,10H2,1-2H3,(H2,17,18,20);1H. The molecule has 2 aromatic heterocycles. The molecule has 8 heteroatoms. The van der Waals surface area contributed by atoms with E-state index in [-0.39, 0.29) is 24.0 Å². The summed E-state index contributed by atoms with van der Waals surface area (Å²) in [6.45, 7) is 6.64. The average molecular weight is 529 g/mol. The first-order valence-electron chi connectivity index (χ1n) is 7.41. The van der Waals surface area contributed by atoms with Gasteiger partial charge in [-0.3, -0.25) is 0 Å². The Kier molecular flexibility index (Phi) is 10.3. The first-order chi connectivity index (χ1) is 10.7. The van der Waals surface area contributed by atoms with Crippen molar-refractivity contribution in [2.24, 2.45) is 4.99 Å². The number of hydrogen-bond acceptors (Lipinski definition) is 4. The molecule has 2 rings (SSSR count). The van der Waals surface area contributed by atoms with Crippen molar-refractivity contribution in [3.8, 4) is 0 Å². The van der Waals surface area contributed by atoms with Gasteiger partial charge in [-0.05, 0) is 41.4 Å². The first kappa shape index (κ1) is 20.9. The Labute approximate surface area is 171 Å². The van der Waals surface area contributed by atoms with Crippen LogP contribution in [-0.4, -0.2) is 24.0 Å². The predicted octanol–water partition coefficient (Wildman–Crippen LogP) is 4.45. The second-order valence-corrected chi connectivity index (χ2v) is 8.40. The highest BCUT2D eigenvalue weighted by atomic mass is 127. The zero-order valence-electron chi connectivity index (χ0n) is 13.3. The Hall–Kier alpha value is -0.190. The number of halogens is 2. The van der Waals surface area contributed by atoms with E-state index in [9.17, 15) is 0 Å². The fourth-order valence-corrected chi connectivity index (χ4v) is 4.12. The zero-order valence-corrected chi connectivity index (χ0v) is 18.8. The molecule has 0 aliphatic rings. The van der Waals surface area contributed by atoms with Crippen LogP contribution in [0.5, 0.6) is 0 Å². The summed E-state index contributed by atoms with van der Waals surface area (Å²) in [5.41, 5.74) is 0. The van der Waals surface area contributed by atoms with E-state index >= 15 is 0 Å². The minimum atomic E-state index is 0. The smallest absolute Gasteiger partial charge is 0.191 e. The molecule has 0 spiro atoms. The van der Waals surface area contributed by atoms with Crippen molar-refractivity contribution in [2.75, 3.05) is 13.1 Å². The lowest BCUT2D eigenvalue weighted by molar-refractivity contribution is 0.797. The lowest BCUT2D eigenvalue weighted by Crippen LogP contribution is -2.38. The number of nitrogens with zero attached hydrogens (tertiary/aromatic N) is 2. The van der Waals surface area contributed by atoms with Gasteiger partial charge in [0.2, 0.25) is 0 Å². The fourth-order valence-electron chi connectivity index (χ4n) is 1.85. The molecule has 0 fully saturated rings. The third kappa shape index (κ3) is 7.49. The van der Waals surface area contributed by atoms with Crippen LogP contribution >= 0.6 is 62.6 Å². The number of nitrogens with one attached hydrogen (secondary N) is 2. The van der Waals surface area contributed by atoms with Gasteiger partial charge in [0.15, 0.2) is 5.96 Å². The van der Waals surface area contributed by atoms with Crippen LogP contribution in [0.2, 0.25) is 0 Å². The van der Waals surface area contributed by atoms with Gasteiger partial charge in [0.1, 0.15) is 0 Å². The van der Waals surface area contributed by atoms with Gasteiger partial charge in [0, 0.05) is 35.5 Å². The van der Waals surface area contributed by atoms with Crippen LogP contribution in [0.3, 0.4) is 0 Å². The lowest BCUT2D eigenvalue weighted by atomic mass is 10.4. The topological polar surface area (TPSA) is 49.3 Å². The Balaban J connectivity index is 0.00000264. The number of aliphatic imine (C=N–C) groups is 1. The third-order valence-corrected chi connectivity index (χ3v) is 5.76. The van der Waals surface area contributed by atoms with Crippen molar-refractivity contribution >= 4 is 68.5 Å². The number of hydrogen-bond donors (Lipinski definition) is 2. The highest BCUT2D eigenvalue weighted by molar-refractivity contribution is 14.0. The molecule has 0 amide bonds. The molecule has 0 unspecified atom stereocenters. The molecule has 23 heavy (non-hydrogen) atoms. The van der Waals surface area contributed by atoms with Gasteiger partial charge in [-0.25, -0.2) is 9.98 Å². The number of guanidine groups is 1. The first-order valence-corrected chi connectivity index (χ1v) is 9.83. The largest absolute Gasteiger partial charge is 0.357 e. The molecule has 0 saturated heterocycles. The SMILES string of the molecule is CCNC(=NCc1ccc(Br)s1)NCCc1ncc(CC)s1.I. The quantitative estimate of drug-likeness (QED) is 0.317. The summed E-state index contributed by atoms with van der Waals surface area (Å²) in [7, 11) is 0. The van der Waals surface area contributed by atoms with Gasteiger partial charge in [0.25, 0.3) is 0 Å². The van der Waals surface area contributed by atoms with E-state index in [0.29, 0.717) is 6.54 Å². The van der Waals surface area contributed by atoms with E-state index in [1.807, 2.05) is 6.20 Å². The van der Waals surface area contributed by atoms with Gasteiger partial charge >= 0.3 is 0 Å². The van der Waals surface area contributed by atoms with E-state index in [0.717, 1.165) is 35.7 Å². The molecule has 2 aromatic rings. The summed E-state index contributed by atoms with van der Waals surface area (Å²) in [5.74, 6) is 0.860. The highest BCUT2D eigenvalue weighted by Crippen LogP contribution is 2.22. The normalized spacial score (nSPS) is 11.2. The van der Waals surface area contributed by atoms with E-state index in [1.54, 1.807) is 22.7 Å². The van der Waals surface area contributed by atoms with Crippen molar-refractivity contribution in [1.29, 1.82) is 0 Å². The van der Waals surface area contributed by atoms with Crippen molar-refractivity contribution < 1.29 is 0 Å². The Bertz CT molecular complexity index is 612. The fraction of sp³-hybridized carbons (Fsp3) is 0.467. The van der Waals surface area contributed by atoms with Crippen molar-refractivity contribution in [3.63, 3.8) is 0 Å². The van der Waals surface area contributed by atoms with Gasteiger partial charge in [-0.1, -0.05) is 6.92 Å². The molecule has 0 bridgehead atoms. The second kappa shape index (κ2) is 11.4. The summed E-state index contributed by atoms with van der Waals surface area (Å²) < 4.78 is 1.14. The summed E-state index contributed by atoms with van der Waals surface area (Å²) in [4.78, 5) is 11.7. The maximum absolute atomic E-state index is 4.62. The van der Waals surface area contributed by atoms with Crippen molar-refractivity contribution in [3.05, 3.63) is 36.9 Å². The predicted molar refractivity (Wildman–Crippen MR) is 115 cm³/mol. The van der Waals surface area contributed by atoms with Crippen molar-refractivity contribution in [2.45, 2.75) is 33.2 Å². The average Bonchev–Trinajstić information content (AvgIpc) is 3.13. The van der Waals surface area contributed by atoms with Gasteiger partial charge in [-0.15, -0.1) is 46.7 Å². The van der Waals surface area contributed by atoms with E-state index in [1.165, 1.54) is 14.8 Å². The van der Waals surface area contributed by atoms with Crippen LogP contribution in [0.1, 0.15) is 28.6 Å². The number of aryl methyl sites for hydroxylation is 1. The summed E-state index contributed by atoms with van der Waals surface area (Å²) in [5, 5.41) is 7.83. The molecule has 0 aliphatic heterocycles. The maximum Gasteiger partial charge on any atom is 0.191 e. The minimum absolute atomic E-state index is 0. The molecule has 0 aromatic carbocycles. The zero-order chi connectivity index (χ0) is 15.8. The number of thiazole rings is 1. The Morgan fingerprint density at radius 2 is 2.04 bits per heavy atom. The molecule has 4 nitrogen and oxygen atoms in total. The third-order valence-electron chi connectivity index (χ3n) is 2.95. The Morgan fingerprint density at radius 3 is 2.65 bits per heavy atom. The molecule has 0 saturated carbocycles. The molecule has 0 atom stereocenters. The second-order valence-electron chi connectivity index (χ2n) is 4.65. The van der Waals surface area contributed by atoms with Crippen LogP contribution in [0, 0.1) is 0 Å². The Morgan fingerprint density at radius 1 is 1.22 bits per heavy atom. The van der Waals surface area contributed by atoms with Crippen LogP contribution < -0.4 is 10.6 Å². The maximum atomic E-state index is 4.62. The number of aromatic nitrogens is 1. The van der Waals surface area contributed by atoms with Gasteiger partial charge in [-0.2, -0.15) is 0 Å². The van der Waals surface area contributed by atoms with E-state index in [4.69, 9.17) is 0 Å². The molecular formula is C15H22BrIN4S2. The summed E-state index contributed by atoms with van der Waals surface area (Å²) >= 11 is 6.99. The van der Waals surface area contributed by atoms with Gasteiger partial charge < -0.3 is 10.6 Å². The summed E-state index contributed by atoms with van der Waals surface area (Å²) in [6, 6.07) is 4.16. The molecule has 0 radical (unpaired) electrons. The number of thiophene rings is 1. The van der Waals surface area contributed by atoms with Gasteiger partial charge in [0.05, 0.1) is 15.3 Å². The van der Waals surface area contributed by atoms with Crippen LogP contribution in [-0.2, 0) is 19.4 Å². The monoisotopic (exact) mass is 528 g/mol. The van der Waals surface area contributed by atoms with E-state index < -0.39 is 0 Å². The van der Waals surface area contributed by atoms with Crippen LogP contribution in [0.15, 0.2) is 27.1 Å². The highest BCUT2D eigenvalue weighted by Gasteiger charge is 2.03. The molecule has 0 aliphatic carbocycles. The number of rotatable bonds is 7. The van der Waals surface area contributed by atoms with Crippen molar-refractivity contribution in [1.82, 2.24) is 15.6 Å². The summed E-state index contributed by atoms with van der Waals surface area (Å²) in [6.07, 6.45) is 3.97.